The third-order valence-corrected chi connectivity index (χ3v) is 5.03. The van der Waals surface area contributed by atoms with Crippen LogP contribution in [0.2, 0.25) is 0 Å². The second kappa shape index (κ2) is 11.6. The van der Waals surface area contributed by atoms with Crippen LogP contribution in [0.4, 0.5) is 5.82 Å². The zero-order chi connectivity index (χ0) is 24.5. The molecule has 0 aliphatic heterocycles. The molecule has 8 nitrogen and oxygen atoms in total. The number of nitrogens with zero attached hydrogens (tertiary/aromatic N) is 2. The van der Waals surface area contributed by atoms with Crippen molar-refractivity contribution in [1.29, 1.82) is 5.26 Å². The maximum atomic E-state index is 12.4. The van der Waals surface area contributed by atoms with Gasteiger partial charge in [0.25, 0.3) is 5.91 Å². The standard InChI is InChI=1S/C26H27N3O5/c1-17-6-8-22(12-18(17)2)32-10-5-11-33-23-9-7-20(15-24(23)31-4)14-21(16-27)26(30)28-25-13-19(3)34-29-25/h6-9,12-15H,5,10-11H2,1-4H3,(H,28,29,30)/b21-14-. The lowest BCUT2D eigenvalue weighted by atomic mass is 10.1. The number of carbonyl (C=O) groups is 1. The van der Waals surface area contributed by atoms with Gasteiger partial charge in [0.15, 0.2) is 17.3 Å². The predicted octanol–water partition coefficient (Wildman–Crippen LogP) is 5.00. The number of hydrogen-bond donors (Lipinski definition) is 1. The van der Waals surface area contributed by atoms with Crippen LogP contribution in [0.5, 0.6) is 17.2 Å². The Bertz CT molecular complexity index is 1220. The van der Waals surface area contributed by atoms with Crippen LogP contribution in [0.1, 0.15) is 28.9 Å². The van der Waals surface area contributed by atoms with Crippen LogP contribution >= 0.6 is 0 Å². The Morgan fingerprint density at radius 1 is 1.06 bits per heavy atom. The number of amides is 1. The van der Waals surface area contributed by atoms with Gasteiger partial charge in [-0.15, -0.1) is 0 Å². The number of carbonyl (C=O) groups excluding carboxylic acids is 1. The van der Waals surface area contributed by atoms with Gasteiger partial charge >= 0.3 is 0 Å². The summed E-state index contributed by atoms with van der Waals surface area (Å²) < 4.78 is 21.9. The van der Waals surface area contributed by atoms with E-state index in [0.717, 1.165) is 5.75 Å². The van der Waals surface area contributed by atoms with Gasteiger partial charge in [-0.05, 0) is 67.8 Å². The molecule has 1 heterocycles. The molecule has 0 unspecified atom stereocenters. The Labute approximate surface area is 198 Å². The van der Waals surface area contributed by atoms with E-state index in [1.54, 1.807) is 31.2 Å². The van der Waals surface area contributed by atoms with Gasteiger partial charge in [-0.1, -0.05) is 17.3 Å². The van der Waals surface area contributed by atoms with Crippen LogP contribution in [0.3, 0.4) is 0 Å². The van der Waals surface area contributed by atoms with Gasteiger partial charge in [0.1, 0.15) is 23.2 Å². The molecule has 0 fully saturated rings. The lowest BCUT2D eigenvalue weighted by Gasteiger charge is -2.12. The zero-order valence-electron chi connectivity index (χ0n) is 19.7. The van der Waals surface area contributed by atoms with E-state index >= 15 is 0 Å². The molecular weight excluding hydrogens is 434 g/mol. The zero-order valence-corrected chi connectivity index (χ0v) is 19.7. The third kappa shape index (κ3) is 6.62. The quantitative estimate of drug-likeness (QED) is 0.257. The van der Waals surface area contributed by atoms with Crippen molar-refractivity contribution in [3.63, 3.8) is 0 Å². The SMILES string of the molecule is COc1cc(/C=C(/C#N)C(=O)Nc2cc(C)on2)ccc1OCCCOc1ccc(C)c(C)c1. The van der Waals surface area contributed by atoms with Crippen LogP contribution in [-0.4, -0.2) is 31.4 Å². The molecule has 0 atom stereocenters. The lowest BCUT2D eigenvalue weighted by Crippen LogP contribution is -2.13. The molecule has 1 N–H and O–H groups in total. The first-order chi connectivity index (χ1) is 16.4. The Morgan fingerprint density at radius 2 is 1.85 bits per heavy atom. The molecule has 0 saturated carbocycles. The molecule has 1 amide bonds. The topological polar surface area (TPSA) is 107 Å². The van der Waals surface area contributed by atoms with Crippen molar-refractivity contribution in [3.8, 4) is 23.3 Å². The molecular formula is C26H27N3O5. The van der Waals surface area contributed by atoms with E-state index < -0.39 is 5.91 Å². The van der Waals surface area contributed by atoms with Crippen LogP contribution < -0.4 is 19.5 Å². The summed E-state index contributed by atoms with van der Waals surface area (Å²) in [7, 11) is 1.53. The van der Waals surface area contributed by atoms with Gasteiger partial charge in [0, 0.05) is 12.5 Å². The number of nitrogens with one attached hydrogen (secondary N) is 1. The van der Waals surface area contributed by atoms with Crippen molar-refractivity contribution >= 4 is 17.8 Å². The number of ether oxygens (including phenoxy) is 3. The molecule has 0 radical (unpaired) electrons. The number of benzene rings is 2. The average Bonchev–Trinajstić information content (AvgIpc) is 3.24. The second-order valence-electron chi connectivity index (χ2n) is 7.65. The molecule has 176 valence electrons. The average molecular weight is 462 g/mol. The largest absolute Gasteiger partial charge is 0.493 e. The van der Waals surface area contributed by atoms with Crippen molar-refractivity contribution in [1.82, 2.24) is 5.16 Å². The summed E-state index contributed by atoms with van der Waals surface area (Å²) in [6.07, 6.45) is 2.16. The first-order valence-corrected chi connectivity index (χ1v) is 10.8. The van der Waals surface area contributed by atoms with Gasteiger partial charge in [-0.25, -0.2) is 0 Å². The van der Waals surface area contributed by atoms with Crippen LogP contribution in [0, 0.1) is 32.1 Å². The first kappa shape index (κ1) is 24.4. The molecule has 0 saturated heterocycles. The van der Waals surface area contributed by atoms with E-state index in [1.165, 1.54) is 24.3 Å². The summed E-state index contributed by atoms with van der Waals surface area (Å²) >= 11 is 0. The highest BCUT2D eigenvalue weighted by Gasteiger charge is 2.13. The van der Waals surface area contributed by atoms with Gasteiger partial charge in [-0.2, -0.15) is 5.26 Å². The molecule has 0 aliphatic rings. The molecule has 3 rings (SSSR count). The molecule has 34 heavy (non-hydrogen) atoms. The Morgan fingerprint density at radius 3 is 2.53 bits per heavy atom. The molecule has 8 heteroatoms. The number of methoxy groups -OCH3 is 1. The minimum atomic E-state index is -0.584. The fraction of sp³-hybridized carbons (Fsp3) is 0.269. The number of aryl methyl sites for hydroxylation is 3. The molecule has 0 aliphatic carbocycles. The highest BCUT2D eigenvalue weighted by atomic mass is 16.5. The van der Waals surface area contributed by atoms with E-state index in [4.69, 9.17) is 18.7 Å². The maximum absolute atomic E-state index is 12.4. The number of hydrogen-bond acceptors (Lipinski definition) is 7. The molecule has 0 bridgehead atoms. The maximum Gasteiger partial charge on any atom is 0.267 e. The third-order valence-electron chi connectivity index (χ3n) is 5.03. The predicted molar refractivity (Wildman–Crippen MR) is 128 cm³/mol. The Balaban J connectivity index is 1.56. The van der Waals surface area contributed by atoms with Crippen LogP contribution in [0.25, 0.3) is 6.08 Å². The minimum Gasteiger partial charge on any atom is -0.493 e. The fourth-order valence-corrected chi connectivity index (χ4v) is 3.05. The number of rotatable bonds is 10. The summed E-state index contributed by atoms with van der Waals surface area (Å²) in [5.41, 5.74) is 2.96. The molecule has 3 aromatic rings. The summed E-state index contributed by atoms with van der Waals surface area (Å²) in [4.78, 5) is 12.4. The second-order valence-corrected chi connectivity index (χ2v) is 7.65. The van der Waals surface area contributed by atoms with Crippen molar-refractivity contribution in [2.24, 2.45) is 0 Å². The fourth-order valence-electron chi connectivity index (χ4n) is 3.05. The summed E-state index contributed by atoms with van der Waals surface area (Å²) in [5, 5.41) is 15.6. The highest BCUT2D eigenvalue weighted by molar-refractivity contribution is 6.09. The smallest absolute Gasteiger partial charge is 0.267 e. The first-order valence-electron chi connectivity index (χ1n) is 10.8. The summed E-state index contributed by atoms with van der Waals surface area (Å²) in [5.74, 6) is 2.11. The van der Waals surface area contributed by atoms with Crippen molar-refractivity contribution < 1.29 is 23.5 Å². The van der Waals surface area contributed by atoms with E-state index in [2.05, 4.69) is 24.3 Å². The lowest BCUT2D eigenvalue weighted by molar-refractivity contribution is -0.112. The van der Waals surface area contributed by atoms with Crippen LogP contribution in [-0.2, 0) is 4.79 Å². The van der Waals surface area contributed by atoms with E-state index in [1.807, 2.05) is 24.3 Å². The Hall–Kier alpha value is -4.25. The number of nitriles is 1. The van der Waals surface area contributed by atoms with Crippen LogP contribution in [0.15, 0.2) is 52.6 Å². The normalized spacial score (nSPS) is 11.0. The molecule has 2 aromatic carbocycles. The Kier molecular flexibility index (Phi) is 8.30. The number of anilines is 1. The van der Waals surface area contributed by atoms with Gasteiger partial charge in [0.05, 0.1) is 20.3 Å². The van der Waals surface area contributed by atoms with E-state index in [9.17, 15) is 10.1 Å². The highest BCUT2D eigenvalue weighted by Crippen LogP contribution is 2.29. The molecule has 0 spiro atoms. The van der Waals surface area contributed by atoms with Gasteiger partial charge < -0.3 is 24.1 Å². The number of aromatic nitrogens is 1. The van der Waals surface area contributed by atoms with Crippen molar-refractivity contribution in [2.45, 2.75) is 27.2 Å². The summed E-state index contributed by atoms with van der Waals surface area (Å²) in [6.45, 7) is 6.80. The monoisotopic (exact) mass is 461 g/mol. The van der Waals surface area contributed by atoms with E-state index in [0.29, 0.717) is 42.5 Å². The van der Waals surface area contributed by atoms with Crippen molar-refractivity contribution in [2.75, 3.05) is 25.6 Å². The van der Waals surface area contributed by atoms with Crippen molar-refractivity contribution in [3.05, 3.63) is 70.5 Å². The van der Waals surface area contributed by atoms with Gasteiger partial charge in [0.2, 0.25) is 0 Å². The van der Waals surface area contributed by atoms with E-state index in [-0.39, 0.29) is 11.4 Å². The molecule has 1 aromatic heterocycles. The summed E-state index contributed by atoms with van der Waals surface area (Å²) in [6, 6.07) is 14.7. The minimum absolute atomic E-state index is 0.0835. The van der Waals surface area contributed by atoms with Gasteiger partial charge in [-0.3, -0.25) is 4.79 Å².